The Morgan fingerprint density at radius 3 is 2.71 bits per heavy atom. The maximum Gasteiger partial charge on any atom is 0.254 e. The standard InChI is InChI=1S/C23H25FN4O3/c24-19-9-5-4-8-18(19)23(30)25-20-11-10-17(31-22(20)15-29)12-13-28-14-21(26-27-28)16-6-2-1-3-7-16/h1-9,14,17,20,22,29H,10-13,15H2,(H,25,30)/t17-,20+,22+/m0/s1. The number of aryl methyl sites for hydroxylation is 1. The van der Waals surface area contributed by atoms with Gasteiger partial charge in [0.05, 0.1) is 30.5 Å². The van der Waals surface area contributed by atoms with E-state index in [0.717, 1.165) is 17.7 Å². The van der Waals surface area contributed by atoms with Gasteiger partial charge in [0.1, 0.15) is 17.6 Å². The molecule has 0 spiro atoms. The summed E-state index contributed by atoms with van der Waals surface area (Å²) >= 11 is 0. The van der Waals surface area contributed by atoms with Gasteiger partial charge in [0.2, 0.25) is 0 Å². The van der Waals surface area contributed by atoms with Crippen molar-refractivity contribution >= 4 is 5.91 Å². The van der Waals surface area contributed by atoms with Gasteiger partial charge < -0.3 is 15.2 Å². The summed E-state index contributed by atoms with van der Waals surface area (Å²) in [6, 6.07) is 15.3. The molecule has 2 N–H and O–H groups in total. The third-order valence-electron chi connectivity index (χ3n) is 5.52. The second kappa shape index (κ2) is 9.80. The van der Waals surface area contributed by atoms with Gasteiger partial charge in [-0.2, -0.15) is 0 Å². The van der Waals surface area contributed by atoms with E-state index in [1.54, 1.807) is 10.7 Å². The van der Waals surface area contributed by atoms with Gasteiger partial charge in [-0.3, -0.25) is 9.48 Å². The molecule has 4 rings (SSSR count). The minimum atomic E-state index is -0.571. The SMILES string of the molecule is O=C(N[C@@H]1CC[C@@H](CCn2cc(-c3ccccc3)nn2)O[C@@H]1CO)c1ccccc1F. The van der Waals surface area contributed by atoms with Crippen molar-refractivity contribution in [3.8, 4) is 11.3 Å². The Balaban J connectivity index is 1.30. The zero-order chi connectivity index (χ0) is 21.6. The molecule has 162 valence electrons. The van der Waals surface area contributed by atoms with Crippen molar-refractivity contribution in [2.24, 2.45) is 0 Å². The van der Waals surface area contributed by atoms with Crippen LogP contribution in [0.1, 0.15) is 29.6 Å². The van der Waals surface area contributed by atoms with Crippen LogP contribution in [0.15, 0.2) is 60.8 Å². The number of aromatic nitrogens is 3. The lowest BCUT2D eigenvalue weighted by Gasteiger charge is -2.36. The van der Waals surface area contributed by atoms with Crippen molar-refractivity contribution < 1.29 is 19.0 Å². The van der Waals surface area contributed by atoms with E-state index in [2.05, 4.69) is 15.6 Å². The number of aliphatic hydroxyl groups is 1. The highest BCUT2D eigenvalue weighted by Crippen LogP contribution is 2.23. The molecule has 31 heavy (non-hydrogen) atoms. The summed E-state index contributed by atoms with van der Waals surface area (Å²) in [6.07, 6.45) is 3.37. The summed E-state index contributed by atoms with van der Waals surface area (Å²) in [6.45, 7) is 0.412. The summed E-state index contributed by atoms with van der Waals surface area (Å²) < 4.78 is 21.6. The smallest absolute Gasteiger partial charge is 0.254 e. The predicted molar refractivity (Wildman–Crippen MR) is 113 cm³/mol. The first-order valence-corrected chi connectivity index (χ1v) is 10.4. The molecule has 2 heterocycles. The highest BCUT2D eigenvalue weighted by molar-refractivity contribution is 5.94. The zero-order valence-corrected chi connectivity index (χ0v) is 17.0. The average Bonchev–Trinajstić information content (AvgIpc) is 3.28. The van der Waals surface area contributed by atoms with E-state index in [1.807, 2.05) is 36.5 Å². The first-order valence-electron chi connectivity index (χ1n) is 10.4. The van der Waals surface area contributed by atoms with E-state index in [9.17, 15) is 14.3 Å². The van der Waals surface area contributed by atoms with Crippen LogP contribution in [-0.2, 0) is 11.3 Å². The number of carbonyl (C=O) groups is 1. The Kier molecular flexibility index (Phi) is 6.69. The summed E-state index contributed by atoms with van der Waals surface area (Å²) in [5.74, 6) is -1.07. The summed E-state index contributed by atoms with van der Waals surface area (Å²) in [5, 5.41) is 21.0. The van der Waals surface area contributed by atoms with Crippen molar-refractivity contribution in [1.82, 2.24) is 20.3 Å². The lowest BCUT2D eigenvalue weighted by atomic mass is 9.96. The number of aliphatic hydroxyl groups excluding tert-OH is 1. The highest BCUT2D eigenvalue weighted by atomic mass is 19.1. The van der Waals surface area contributed by atoms with Crippen molar-refractivity contribution in [1.29, 1.82) is 0 Å². The minimum absolute atomic E-state index is 0.0123. The molecule has 8 heteroatoms. The first kappa shape index (κ1) is 21.1. The molecule has 3 aromatic rings. The lowest BCUT2D eigenvalue weighted by molar-refractivity contribution is -0.0912. The van der Waals surface area contributed by atoms with Crippen molar-refractivity contribution in [2.45, 2.75) is 44.1 Å². The molecule has 1 aliphatic heterocycles. The third kappa shape index (κ3) is 5.15. The molecular weight excluding hydrogens is 399 g/mol. The molecule has 0 radical (unpaired) electrons. The molecule has 0 saturated carbocycles. The fraction of sp³-hybridized carbons (Fsp3) is 0.348. The van der Waals surface area contributed by atoms with E-state index in [0.29, 0.717) is 19.4 Å². The molecule has 0 bridgehead atoms. The summed E-state index contributed by atoms with van der Waals surface area (Å²) in [7, 11) is 0. The average molecular weight is 424 g/mol. The van der Waals surface area contributed by atoms with Crippen LogP contribution in [0.4, 0.5) is 4.39 Å². The van der Waals surface area contributed by atoms with E-state index in [-0.39, 0.29) is 24.3 Å². The second-order valence-electron chi connectivity index (χ2n) is 7.64. The number of nitrogens with one attached hydrogen (secondary N) is 1. The number of amides is 1. The first-order chi connectivity index (χ1) is 15.1. The van der Waals surface area contributed by atoms with Gasteiger partial charge in [0.25, 0.3) is 5.91 Å². The van der Waals surface area contributed by atoms with Gasteiger partial charge in [0.15, 0.2) is 0 Å². The summed E-state index contributed by atoms with van der Waals surface area (Å²) in [4.78, 5) is 12.4. The summed E-state index contributed by atoms with van der Waals surface area (Å²) in [5.41, 5.74) is 1.81. The Hall–Kier alpha value is -3.10. The monoisotopic (exact) mass is 424 g/mol. The quantitative estimate of drug-likeness (QED) is 0.609. The maximum absolute atomic E-state index is 13.9. The maximum atomic E-state index is 13.9. The van der Waals surface area contributed by atoms with Crippen LogP contribution in [0.3, 0.4) is 0 Å². The van der Waals surface area contributed by atoms with Gasteiger partial charge in [-0.15, -0.1) is 5.10 Å². The molecule has 3 atom stereocenters. The van der Waals surface area contributed by atoms with Crippen molar-refractivity contribution in [3.05, 3.63) is 72.2 Å². The second-order valence-corrected chi connectivity index (χ2v) is 7.64. The molecule has 2 aromatic carbocycles. The van der Waals surface area contributed by atoms with Crippen LogP contribution >= 0.6 is 0 Å². The molecule has 1 amide bonds. The normalized spacial score (nSPS) is 21.0. The van der Waals surface area contributed by atoms with Crippen LogP contribution in [-0.4, -0.2) is 50.9 Å². The highest BCUT2D eigenvalue weighted by Gasteiger charge is 2.32. The largest absolute Gasteiger partial charge is 0.394 e. The Morgan fingerprint density at radius 2 is 1.94 bits per heavy atom. The Labute approximate surface area is 179 Å². The number of ether oxygens (including phenoxy) is 1. The molecule has 1 fully saturated rings. The van der Waals surface area contributed by atoms with Gasteiger partial charge >= 0.3 is 0 Å². The van der Waals surface area contributed by atoms with Gasteiger partial charge in [-0.05, 0) is 31.4 Å². The lowest BCUT2D eigenvalue weighted by Crippen LogP contribution is -2.51. The topological polar surface area (TPSA) is 89.3 Å². The van der Waals surface area contributed by atoms with E-state index in [1.165, 1.54) is 18.2 Å². The molecule has 0 unspecified atom stereocenters. The van der Waals surface area contributed by atoms with Crippen molar-refractivity contribution in [2.75, 3.05) is 6.61 Å². The van der Waals surface area contributed by atoms with Crippen LogP contribution in [0.25, 0.3) is 11.3 Å². The number of carbonyl (C=O) groups excluding carboxylic acids is 1. The van der Waals surface area contributed by atoms with Gasteiger partial charge in [-0.25, -0.2) is 4.39 Å². The van der Waals surface area contributed by atoms with E-state index >= 15 is 0 Å². The minimum Gasteiger partial charge on any atom is -0.394 e. The number of halogens is 1. The number of benzene rings is 2. The van der Waals surface area contributed by atoms with Crippen molar-refractivity contribution in [3.63, 3.8) is 0 Å². The number of nitrogens with zero attached hydrogens (tertiary/aromatic N) is 3. The Bertz CT molecular complexity index is 1010. The fourth-order valence-corrected chi connectivity index (χ4v) is 3.83. The molecule has 0 aliphatic carbocycles. The zero-order valence-electron chi connectivity index (χ0n) is 17.0. The number of hydrogen-bond donors (Lipinski definition) is 2. The Morgan fingerprint density at radius 1 is 1.16 bits per heavy atom. The van der Waals surface area contributed by atoms with Crippen LogP contribution in [0, 0.1) is 5.82 Å². The number of rotatable bonds is 7. The molecule has 1 aliphatic rings. The molecule has 1 saturated heterocycles. The van der Waals surface area contributed by atoms with E-state index in [4.69, 9.17) is 4.74 Å². The van der Waals surface area contributed by atoms with Crippen LogP contribution in [0.2, 0.25) is 0 Å². The molecule has 7 nitrogen and oxygen atoms in total. The van der Waals surface area contributed by atoms with E-state index < -0.39 is 17.8 Å². The fourth-order valence-electron chi connectivity index (χ4n) is 3.83. The van der Waals surface area contributed by atoms with Gasteiger partial charge in [0, 0.05) is 12.1 Å². The van der Waals surface area contributed by atoms with Crippen LogP contribution < -0.4 is 5.32 Å². The van der Waals surface area contributed by atoms with Crippen LogP contribution in [0.5, 0.6) is 0 Å². The molecular formula is C23H25FN4O3. The third-order valence-corrected chi connectivity index (χ3v) is 5.52. The number of hydrogen-bond acceptors (Lipinski definition) is 5. The predicted octanol–water partition coefficient (Wildman–Crippen LogP) is 2.81. The van der Waals surface area contributed by atoms with Gasteiger partial charge in [-0.1, -0.05) is 47.7 Å². The molecule has 1 aromatic heterocycles.